The van der Waals surface area contributed by atoms with Crippen molar-refractivity contribution in [3.8, 4) is 5.75 Å². The molecule has 84 heavy (non-hydrogen) atoms. The smallest absolute Gasteiger partial charge is 0.357 e. The van der Waals surface area contributed by atoms with Crippen molar-refractivity contribution in [3.63, 3.8) is 0 Å². The van der Waals surface area contributed by atoms with E-state index in [-0.39, 0.29) is 21.2 Å². The fourth-order valence-electron chi connectivity index (χ4n) is 13.1. The van der Waals surface area contributed by atoms with Gasteiger partial charge in [0.15, 0.2) is 7.14 Å². The zero-order valence-electron chi connectivity index (χ0n) is 53.3. The number of hydrogen-bond donors (Lipinski definition) is 0. The molecule has 8 aromatic rings. The first-order chi connectivity index (χ1) is 40.3. The lowest BCUT2D eigenvalue weighted by Crippen LogP contribution is -3.61. The molecule has 0 aromatic heterocycles. The number of halogens is 2. The van der Waals surface area contributed by atoms with E-state index in [9.17, 15) is 0 Å². The molecule has 0 radical (unpaired) electrons. The number of alkyl halides is 1. The molecule has 0 amide bonds. The normalized spacial score (nSPS) is 17.3. The Morgan fingerprint density at radius 1 is 0.345 bits per heavy atom. The van der Waals surface area contributed by atoms with Gasteiger partial charge in [-0.1, -0.05) is 328 Å². The summed E-state index contributed by atoms with van der Waals surface area (Å²) in [6, 6.07) is 78.2. The summed E-state index contributed by atoms with van der Waals surface area (Å²) in [6.45, 7) is 33.4. The van der Waals surface area contributed by atoms with Crippen molar-refractivity contribution >= 4 is 22.6 Å². The Morgan fingerprint density at radius 2 is 0.667 bits per heavy atom. The topological polar surface area (TPSA) is 9.23 Å². The maximum atomic E-state index is 5.83. The highest BCUT2D eigenvalue weighted by Gasteiger charge is 2.72. The molecule has 440 valence electrons. The maximum absolute atomic E-state index is 5.83. The van der Waals surface area contributed by atoms with Crippen LogP contribution in [0.1, 0.15) is 238 Å². The minimum atomic E-state index is -0.718. The van der Waals surface area contributed by atoms with Gasteiger partial charge in [-0.3, -0.25) is 0 Å². The van der Waals surface area contributed by atoms with Crippen molar-refractivity contribution in [3.05, 3.63) is 286 Å². The van der Waals surface area contributed by atoms with E-state index < -0.39 is 19.7 Å². The first-order valence-corrected chi connectivity index (χ1v) is 35.0. The molecule has 0 aliphatic heterocycles. The summed E-state index contributed by atoms with van der Waals surface area (Å²) in [5.74, 6) is 3.51. The van der Waals surface area contributed by atoms with Gasteiger partial charge in [0, 0.05) is 10.8 Å². The molecule has 0 bridgehead atoms. The van der Waals surface area contributed by atoms with Crippen LogP contribution in [0.15, 0.2) is 212 Å². The SMILES string of the molecule is CC(C)c1ccc(C2(C)C=CC(I)(c3ccc(C(C)C)cc3)C(c3ccc(C(C)C)cc3)(c3ccc(C(C)C)cc3)C2(c2ccc(C(C)C)cc2)c2ccc(C(C)C)cc2)cc1.CCCCCCCCOc1ccc([I+]c2ccccc2)cc1. The van der Waals surface area contributed by atoms with Crippen molar-refractivity contribution in [2.45, 2.75) is 191 Å². The van der Waals surface area contributed by atoms with E-state index in [4.69, 9.17) is 4.74 Å². The standard InChI is InChI=1S/C61H71I.C20H26IO/c1-40(2)46-14-26-52(27-15-46)58(13)38-39-59(62,53-28-16-47(17-29-53)41(3)4)61(56-34-22-50(23-35-56)44(9)10,57-36-24-51(25-37-57)45(11)12)60(58,54-30-18-48(19-31-54)42(5)6)55-32-20-49(21-33-55)43(7)8;1-2-3-4-5-6-10-17-22-20-15-13-19(14-16-20)21-18-11-8-7-9-12-18/h14-45H,1-13H3;7-9,11-16H,2-6,10,17H2,1H3/q;+1. The van der Waals surface area contributed by atoms with Crippen LogP contribution in [0, 0.1) is 7.14 Å². The van der Waals surface area contributed by atoms with Crippen molar-refractivity contribution in [2.24, 2.45) is 0 Å². The first kappa shape index (κ1) is 64.8. The minimum Gasteiger partial charge on any atom is -0.494 e. The lowest BCUT2D eigenvalue weighted by Gasteiger charge is -2.67. The average molecular weight is 1340 g/mol. The predicted molar refractivity (Wildman–Crippen MR) is 366 cm³/mol. The third-order valence-electron chi connectivity index (χ3n) is 18.3. The number of rotatable bonds is 22. The van der Waals surface area contributed by atoms with E-state index in [1.54, 1.807) is 0 Å². The molecular weight excluding hydrogens is 1240 g/mol. The summed E-state index contributed by atoms with van der Waals surface area (Å²) in [6.07, 6.45) is 13.1. The van der Waals surface area contributed by atoms with Crippen LogP contribution in [0.4, 0.5) is 0 Å². The predicted octanol–water partition coefficient (Wildman–Crippen LogP) is 20.1. The molecule has 0 spiro atoms. The Labute approximate surface area is 533 Å². The van der Waals surface area contributed by atoms with Gasteiger partial charge < -0.3 is 4.74 Å². The van der Waals surface area contributed by atoms with Gasteiger partial charge in [0.2, 0.25) is 0 Å². The number of unbranched alkanes of at least 4 members (excludes halogenated alkanes) is 5. The Bertz CT molecular complexity index is 3010. The van der Waals surface area contributed by atoms with Crippen LogP contribution >= 0.6 is 22.6 Å². The highest BCUT2D eigenvalue weighted by atomic mass is 127. The molecule has 0 fully saturated rings. The van der Waals surface area contributed by atoms with Gasteiger partial charge >= 0.3 is 21.2 Å². The van der Waals surface area contributed by atoms with Gasteiger partial charge in [0.25, 0.3) is 0 Å². The molecule has 3 heteroatoms. The zero-order valence-corrected chi connectivity index (χ0v) is 57.6. The largest absolute Gasteiger partial charge is 0.494 e. The van der Waals surface area contributed by atoms with E-state index in [2.05, 4.69) is 332 Å². The maximum Gasteiger partial charge on any atom is 0.357 e. The quantitative estimate of drug-likeness (QED) is 0.0284. The highest BCUT2D eigenvalue weighted by molar-refractivity contribution is 14.1. The average Bonchev–Trinajstić information content (AvgIpc) is 0.668. The lowest BCUT2D eigenvalue weighted by molar-refractivity contribution is -0.597. The summed E-state index contributed by atoms with van der Waals surface area (Å²) in [4.78, 5) is 0. The number of benzene rings is 8. The van der Waals surface area contributed by atoms with E-state index in [0.29, 0.717) is 35.5 Å². The Balaban J connectivity index is 0.000000350. The monoisotopic (exact) mass is 1340 g/mol. The molecule has 1 aliphatic carbocycles. The zero-order chi connectivity index (χ0) is 60.2. The number of hydrogen-bond acceptors (Lipinski definition) is 1. The molecule has 2 atom stereocenters. The lowest BCUT2D eigenvalue weighted by atomic mass is 9.36. The Hall–Kier alpha value is -5.24. The van der Waals surface area contributed by atoms with Crippen LogP contribution in [0.25, 0.3) is 0 Å². The second-order valence-electron chi connectivity index (χ2n) is 25.9. The highest BCUT2D eigenvalue weighted by Crippen LogP contribution is 2.73. The summed E-state index contributed by atoms with van der Waals surface area (Å²) in [5.41, 5.74) is 14.0. The molecule has 8 aromatic carbocycles. The van der Waals surface area contributed by atoms with E-state index >= 15 is 0 Å². The summed E-state index contributed by atoms with van der Waals surface area (Å²) < 4.78 is 8.15. The number of ether oxygens (including phenoxy) is 1. The Morgan fingerprint density at radius 3 is 1.04 bits per heavy atom. The van der Waals surface area contributed by atoms with E-state index in [1.807, 2.05) is 0 Å². The van der Waals surface area contributed by atoms with Crippen LogP contribution in [-0.2, 0) is 19.7 Å². The van der Waals surface area contributed by atoms with Gasteiger partial charge in [0.05, 0.1) is 15.4 Å². The molecule has 0 saturated carbocycles. The molecule has 9 rings (SSSR count). The number of allylic oxidation sites excluding steroid dienone is 2. The van der Waals surface area contributed by atoms with Crippen molar-refractivity contribution in [2.75, 3.05) is 6.61 Å². The van der Waals surface area contributed by atoms with Crippen molar-refractivity contribution in [1.29, 1.82) is 0 Å². The van der Waals surface area contributed by atoms with Crippen LogP contribution in [0.3, 0.4) is 0 Å². The van der Waals surface area contributed by atoms with Crippen molar-refractivity contribution in [1.82, 2.24) is 0 Å². The molecule has 0 saturated heterocycles. The van der Waals surface area contributed by atoms with Crippen LogP contribution in [-0.4, -0.2) is 6.61 Å². The van der Waals surface area contributed by atoms with Gasteiger partial charge in [-0.25, -0.2) is 0 Å². The van der Waals surface area contributed by atoms with E-state index in [0.717, 1.165) is 12.4 Å². The van der Waals surface area contributed by atoms with Crippen molar-refractivity contribution < 1.29 is 25.9 Å². The van der Waals surface area contributed by atoms with Gasteiger partial charge in [-0.15, -0.1) is 0 Å². The summed E-state index contributed by atoms with van der Waals surface area (Å²) in [5, 5.41) is 0. The molecule has 1 aliphatic rings. The van der Waals surface area contributed by atoms with E-state index in [1.165, 1.54) is 112 Å². The fourth-order valence-corrected chi connectivity index (χ4v) is 16.9. The third kappa shape index (κ3) is 13.6. The minimum absolute atomic E-state index is 0.0655. The third-order valence-corrected chi connectivity index (χ3v) is 22.8. The summed E-state index contributed by atoms with van der Waals surface area (Å²) in [7, 11) is 0. The van der Waals surface area contributed by atoms with Gasteiger partial charge in [-0.05, 0) is 145 Å². The first-order valence-electron chi connectivity index (χ1n) is 31.7. The van der Waals surface area contributed by atoms with Gasteiger partial charge in [-0.2, -0.15) is 0 Å². The second-order valence-corrected chi connectivity index (χ2v) is 30.6. The fraction of sp³-hybridized carbons (Fsp3) is 0.383. The molecule has 1 nitrogen and oxygen atoms in total. The second kappa shape index (κ2) is 29.0. The van der Waals surface area contributed by atoms with Crippen LogP contribution < -0.4 is 25.9 Å². The van der Waals surface area contributed by atoms with Crippen LogP contribution in [0.5, 0.6) is 5.75 Å². The molecule has 2 unspecified atom stereocenters. The Kier molecular flexibility index (Phi) is 22.3. The summed E-state index contributed by atoms with van der Waals surface area (Å²) >= 11 is 2.86. The van der Waals surface area contributed by atoms with Crippen LogP contribution in [0.2, 0.25) is 0 Å². The molecule has 0 heterocycles. The molecular formula is C81H97I2O+. The molecule has 0 N–H and O–H groups in total. The van der Waals surface area contributed by atoms with Gasteiger partial charge in [0.1, 0.15) is 5.75 Å².